The van der Waals surface area contributed by atoms with E-state index in [0.717, 1.165) is 5.56 Å². The van der Waals surface area contributed by atoms with Gasteiger partial charge in [0.1, 0.15) is 17.9 Å². The minimum atomic E-state index is -0.612. The van der Waals surface area contributed by atoms with Crippen LogP contribution in [0.5, 0.6) is 0 Å². The van der Waals surface area contributed by atoms with Gasteiger partial charge < -0.3 is 9.15 Å². The molecule has 7 nitrogen and oxygen atoms in total. The smallest absolute Gasteiger partial charge is 0.356 e. The summed E-state index contributed by atoms with van der Waals surface area (Å²) in [6, 6.07) is 6.75. The second-order valence-corrected chi connectivity index (χ2v) is 5.16. The molecule has 0 aliphatic carbocycles. The molecule has 1 aliphatic heterocycles. The molecular formula is C16H14N2O5. The Morgan fingerprint density at radius 2 is 2.09 bits per heavy atom. The Balaban J connectivity index is 1.81. The molecule has 0 radical (unpaired) electrons. The van der Waals surface area contributed by atoms with E-state index >= 15 is 0 Å². The lowest BCUT2D eigenvalue weighted by atomic mass is 10.1. The fourth-order valence-corrected chi connectivity index (χ4v) is 2.25. The quantitative estimate of drug-likeness (QED) is 0.649. The average molecular weight is 314 g/mol. The van der Waals surface area contributed by atoms with Gasteiger partial charge >= 0.3 is 11.6 Å². The fourth-order valence-electron chi connectivity index (χ4n) is 2.25. The first-order chi connectivity index (χ1) is 11.0. The summed E-state index contributed by atoms with van der Waals surface area (Å²) in [6.07, 6.45) is 1.55. The summed E-state index contributed by atoms with van der Waals surface area (Å²) in [6.45, 7) is 1.82. The van der Waals surface area contributed by atoms with Crippen molar-refractivity contribution in [1.82, 2.24) is 10.9 Å². The molecular weight excluding hydrogens is 300 g/mol. The molecule has 1 aromatic carbocycles. The number of amides is 1. The molecule has 1 aliphatic rings. The van der Waals surface area contributed by atoms with Gasteiger partial charge in [0.2, 0.25) is 5.91 Å². The Hall–Kier alpha value is -3.09. The highest BCUT2D eigenvalue weighted by molar-refractivity contribution is 5.91. The van der Waals surface area contributed by atoms with E-state index in [1.807, 2.05) is 19.1 Å². The van der Waals surface area contributed by atoms with Gasteiger partial charge in [-0.05, 0) is 24.6 Å². The predicted octanol–water partition coefficient (Wildman–Crippen LogP) is 1.05. The maximum atomic E-state index is 11.9. The highest BCUT2D eigenvalue weighted by Gasteiger charge is 2.17. The molecule has 0 unspecified atom stereocenters. The molecule has 0 atom stereocenters. The third-order valence-corrected chi connectivity index (χ3v) is 3.39. The van der Waals surface area contributed by atoms with Crippen molar-refractivity contribution in [3.05, 3.63) is 57.6 Å². The summed E-state index contributed by atoms with van der Waals surface area (Å²) < 4.78 is 10.3. The van der Waals surface area contributed by atoms with Gasteiger partial charge in [0.05, 0.1) is 0 Å². The van der Waals surface area contributed by atoms with E-state index in [9.17, 15) is 14.4 Å². The standard InChI is InChI=1S/C16H14N2O5/c1-9-2-3-11-10(7-15(20)23-13(11)6-9)8-22-16(21)12-4-5-14(19)18-17-12/h2-4,6-7,17H,5,8H2,1H3,(H,18,19). The van der Waals surface area contributed by atoms with Crippen LogP contribution in [0.1, 0.15) is 17.5 Å². The largest absolute Gasteiger partial charge is 0.456 e. The monoisotopic (exact) mass is 314 g/mol. The number of carbonyl (C=O) groups excluding carboxylic acids is 2. The molecule has 0 saturated carbocycles. The van der Waals surface area contributed by atoms with Crippen molar-refractivity contribution in [2.45, 2.75) is 20.0 Å². The lowest BCUT2D eigenvalue weighted by Gasteiger charge is -2.15. The zero-order valence-electron chi connectivity index (χ0n) is 12.3. The number of fused-ring (bicyclic) bond motifs is 1. The third kappa shape index (κ3) is 3.23. The van der Waals surface area contributed by atoms with Gasteiger partial charge in [-0.3, -0.25) is 15.6 Å². The molecule has 1 amide bonds. The Morgan fingerprint density at radius 3 is 2.83 bits per heavy atom. The molecule has 2 N–H and O–H groups in total. The van der Waals surface area contributed by atoms with Crippen LogP contribution in [0.4, 0.5) is 0 Å². The lowest BCUT2D eigenvalue weighted by Crippen LogP contribution is -2.42. The summed E-state index contributed by atoms with van der Waals surface area (Å²) in [5.74, 6) is -0.845. The van der Waals surface area contributed by atoms with Gasteiger partial charge in [-0.15, -0.1) is 0 Å². The molecule has 0 bridgehead atoms. The Morgan fingerprint density at radius 1 is 1.26 bits per heavy atom. The average Bonchev–Trinajstić information content (AvgIpc) is 2.52. The van der Waals surface area contributed by atoms with Crippen LogP contribution < -0.4 is 16.5 Å². The van der Waals surface area contributed by atoms with Gasteiger partial charge in [-0.25, -0.2) is 9.59 Å². The Kier molecular flexibility index (Phi) is 3.84. The summed E-state index contributed by atoms with van der Waals surface area (Å²) in [7, 11) is 0. The van der Waals surface area contributed by atoms with E-state index < -0.39 is 11.6 Å². The Labute approximate surface area is 130 Å². The van der Waals surface area contributed by atoms with Crippen molar-refractivity contribution in [2.24, 2.45) is 0 Å². The van der Waals surface area contributed by atoms with Crippen molar-refractivity contribution < 1.29 is 18.7 Å². The lowest BCUT2D eigenvalue weighted by molar-refractivity contribution is -0.141. The van der Waals surface area contributed by atoms with Crippen LogP contribution in [-0.4, -0.2) is 11.9 Å². The SMILES string of the molecule is Cc1ccc2c(COC(=O)C3=CCC(=O)NN3)cc(=O)oc2c1. The third-order valence-electron chi connectivity index (χ3n) is 3.39. The highest BCUT2D eigenvalue weighted by Crippen LogP contribution is 2.19. The number of aryl methyl sites for hydroxylation is 1. The predicted molar refractivity (Wildman–Crippen MR) is 81.0 cm³/mol. The van der Waals surface area contributed by atoms with Crippen LogP contribution in [0.3, 0.4) is 0 Å². The maximum absolute atomic E-state index is 11.9. The van der Waals surface area contributed by atoms with Gasteiger partial charge in [-0.1, -0.05) is 12.1 Å². The number of rotatable bonds is 3. The molecule has 2 heterocycles. The molecule has 1 aromatic heterocycles. The number of hydrogen-bond donors (Lipinski definition) is 2. The number of hydrogen-bond acceptors (Lipinski definition) is 6. The van der Waals surface area contributed by atoms with Crippen molar-refractivity contribution in [2.75, 3.05) is 0 Å². The summed E-state index contributed by atoms with van der Waals surface area (Å²) in [5, 5.41) is 0.710. The zero-order valence-corrected chi connectivity index (χ0v) is 12.3. The zero-order chi connectivity index (χ0) is 16.4. The second-order valence-electron chi connectivity index (χ2n) is 5.16. The maximum Gasteiger partial charge on any atom is 0.356 e. The molecule has 118 valence electrons. The number of hydrazine groups is 1. The van der Waals surface area contributed by atoms with E-state index in [1.165, 1.54) is 12.1 Å². The summed E-state index contributed by atoms with van der Waals surface area (Å²) in [5.41, 5.74) is 6.43. The summed E-state index contributed by atoms with van der Waals surface area (Å²) >= 11 is 0. The molecule has 0 spiro atoms. The summed E-state index contributed by atoms with van der Waals surface area (Å²) in [4.78, 5) is 34.6. The minimum absolute atomic E-state index is 0.0725. The highest BCUT2D eigenvalue weighted by atomic mass is 16.5. The van der Waals surface area contributed by atoms with Crippen molar-refractivity contribution in [3.8, 4) is 0 Å². The van der Waals surface area contributed by atoms with Crippen LogP contribution >= 0.6 is 0 Å². The van der Waals surface area contributed by atoms with Crippen LogP contribution in [0.2, 0.25) is 0 Å². The van der Waals surface area contributed by atoms with E-state index in [-0.39, 0.29) is 24.6 Å². The van der Waals surface area contributed by atoms with E-state index in [0.29, 0.717) is 16.5 Å². The van der Waals surface area contributed by atoms with Crippen LogP contribution in [-0.2, 0) is 20.9 Å². The van der Waals surface area contributed by atoms with Gasteiger partial charge in [0.25, 0.3) is 0 Å². The van der Waals surface area contributed by atoms with Gasteiger partial charge in [-0.2, -0.15) is 0 Å². The molecule has 3 rings (SSSR count). The van der Waals surface area contributed by atoms with Crippen LogP contribution in [0.25, 0.3) is 11.0 Å². The Bertz CT molecular complexity index is 882. The van der Waals surface area contributed by atoms with E-state index in [2.05, 4.69) is 10.9 Å². The van der Waals surface area contributed by atoms with Crippen molar-refractivity contribution >= 4 is 22.8 Å². The first-order valence-corrected chi connectivity index (χ1v) is 6.98. The molecule has 23 heavy (non-hydrogen) atoms. The van der Waals surface area contributed by atoms with Gasteiger partial charge in [0, 0.05) is 23.4 Å². The number of benzene rings is 1. The number of carbonyl (C=O) groups is 2. The molecule has 2 aromatic rings. The fraction of sp³-hybridized carbons (Fsp3) is 0.188. The topological polar surface area (TPSA) is 97.6 Å². The van der Waals surface area contributed by atoms with Crippen molar-refractivity contribution in [1.29, 1.82) is 0 Å². The molecule has 7 heteroatoms. The van der Waals surface area contributed by atoms with Gasteiger partial charge in [0.15, 0.2) is 0 Å². The first-order valence-electron chi connectivity index (χ1n) is 6.98. The van der Waals surface area contributed by atoms with Crippen LogP contribution in [0, 0.1) is 6.92 Å². The number of ether oxygens (including phenoxy) is 1. The van der Waals surface area contributed by atoms with E-state index in [1.54, 1.807) is 6.07 Å². The van der Waals surface area contributed by atoms with Crippen molar-refractivity contribution in [3.63, 3.8) is 0 Å². The van der Waals surface area contributed by atoms with E-state index in [4.69, 9.17) is 9.15 Å². The minimum Gasteiger partial charge on any atom is -0.456 e. The normalized spacial score (nSPS) is 14.0. The van der Waals surface area contributed by atoms with Crippen LogP contribution in [0.15, 0.2) is 45.3 Å². The second kappa shape index (κ2) is 5.96. The first kappa shape index (κ1) is 14.8. The molecule has 0 saturated heterocycles. The molecule has 0 fully saturated rings. The number of esters is 1. The number of nitrogens with one attached hydrogen (secondary N) is 2.